The normalized spacial score (nSPS) is 11.8. The summed E-state index contributed by atoms with van der Waals surface area (Å²) in [6.07, 6.45) is 59.9. The van der Waals surface area contributed by atoms with Gasteiger partial charge in [-0.15, -0.1) is 45.3 Å². The molecule has 0 aromatic carbocycles. The Hall–Kier alpha value is -1.34. The second kappa shape index (κ2) is 40.2. The van der Waals surface area contributed by atoms with E-state index in [-0.39, 0.29) is 0 Å². The molecule has 0 aliphatic rings. The number of hydrogen-bond donors (Lipinski definition) is 0. The molecule has 0 N–H and O–H groups in total. The predicted octanol–water partition coefficient (Wildman–Crippen LogP) is 23.6. The third-order valence-electron chi connectivity index (χ3n) is 14.6. The molecule has 0 unspecified atom stereocenters. The van der Waals surface area contributed by atoms with E-state index in [1.54, 1.807) is 0 Å². The Morgan fingerprint density at radius 1 is 0.279 bits per heavy atom. The zero-order valence-corrected chi connectivity index (χ0v) is 48.2. The molecule has 0 aliphatic carbocycles. The van der Waals surface area contributed by atoms with Gasteiger partial charge in [-0.1, -0.05) is 259 Å². The summed E-state index contributed by atoms with van der Waals surface area (Å²) in [5, 5.41) is 7.24. The van der Waals surface area contributed by atoms with E-state index in [4.69, 9.17) is 9.97 Å². The van der Waals surface area contributed by atoms with Crippen molar-refractivity contribution in [2.24, 2.45) is 0 Å². The molecule has 0 spiro atoms. The number of nitrogens with zero attached hydrogens (tertiary/aromatic N) is 2. The third-order valence-corrected chi connectivity index (χ3v) is 19.2. The van der Waals surface area contributed by atoms with Gasteiger partial charge in [-0.2, -0.15) is 0 Å². The molecule has 68 heavy (non-hydrogen) atoms. The first-order valence-corrected chi connectivity index (χ1v) is 33.2. The fraction of sp³-hybridized carbons (Fsp3) is 0.774. The Kier molecular flexibility index (Phi) is 35.0. The van der Waals surface area contributed by atoms with Crippen LogP contribution in [0.3, 0.4) is 0 Å². The molecule has 0 fully saturated rings. The Bertz CT molecular complexity index is 1620. The lowest BCUT2D eigenvalue weighted by Gasteiger charge is -2.05. The van der Waals surface area contributed by atoms with Gasteiger partial charge in [0.15, 0.2) is 0 Å². The highest BCUT2D eigenvalue weighted by atomic mass is 32.1. The summed E-state index contributed by atoms with van der Waals surface area (Å²) < 4.78 is 0. The van der Waals surface area contributed by atoms with Crippen LogP contribution >= 0.6 is 45.3 Å². The molecule has 0 aliphatic heterocycles. The molecule has 0 saturated heterocycles. The zero-order chi connectivity index (χ0) is 48.0. The number of aryl methyl sites for hydroxylation is 4. The minimum Gasteiger partial charge on any atom is -0.240 e. The van der Waals surface area contributed by atoms with Gasteiger partial charge >= 0.3 is 0 Å². The summed E-state index contributed by atoms with van der Waals surface area (Å²) in [6, 6.07) is 4.84. The third kappa shape index (κ3) is 24.9. The van der Waals surface area contributed by atoms with Crippen LogP contribution in [-0.4, -0.2) is 9.97 Å². The molecule has 0 bridgehead atoms. The SMILES string of the molecule is CCCCCCCCCCCCc1ccsc1-c1nc(CCCCCCCCCCCC)c(-c2sc(-c3sccc3CCCCCCCCCCCC)nc2CCCCCCCCCCCC)s1. The van der Waals surface area contributed by atoms with Gasteiger partial charge in [0.25, 0.3) is 0 Å². The van der Waals surface area contributed by atoms with Gasteiger partial charge in [-0.25, -0.2) is 9.97 Å². The summed E-state index contributed by atoms with van der Waals surface area (Å²) in [6.45, 7) is 9.28. The molecule has 4 aromatic rings. The summed E-state index contributed by atoms with van der Waals surface area (Å²) in [5.41, 5.74) is 5.79. The molecular formula is C62H104N2S4. The van der Waals surface area contributed by atoms with Gasteiger partial charge in [0, 0.05) is 0 Å². The highest BCUT2D eigenvalue weighted by Gasteiger charge is 2.24. The van der Waals surface area contributed by atoms with Gasteiger partial charge in [0.1, 0.15) is 10.0 Å². The highest BCUT2D eigenvalue weighted by Crippen LogP contribution is 2.46. The highest BCUT2D eigenvalue weighted by molar-refractivity contribution is 7.28. The molecule has 0 saturated carbocycles. The lowest BCUT2D eigenvalue weighted by Crippen LogP contribution is -1.93. The second-order valence-electron chi connectivity index (χ2n) is 20.9. The van der Waals surface area contributed by atoms with Crippen LogP contribution in [0.2, 0.25) is 0 Å². The number of aromatic nitrogens is 2. The average Bonchev–Trinajstić information content (AvgIpc) is 4.19. The Morgan fingerprint density at radius 2 is 0.515 bits per heavy atom. The van der Waals surface area contributed by atoms with Crippen LogP contribution in [0.25, 0.3) is 29.5 Å². The smallest absolute Gasteiger partial charge is 0.134 e. The summed E-state index contributed by atoms with van der Waals surface area (Å²) in [4.78, 5) is 17.1. The topological polar surface area (TPSA) is 25.8 Å². The van der Waals surface area contributed by atoms with Crippen molar-refractivity contribution in [3.8, 4) is 29.5 Å². The average molecular weight is 1010 g/mol. The molecule has 0 radical (unpaired) electrons. The van der Waals surface area contributed by atoms with Crippen molar-refractivity contribution in [1.82, 2.24) is 9.97 Å². The molecular weight excluding hydrogens is 901 g/mol. The van der Waals surface area contributed by atoms with Crippen molar-refractivity contribution in [3.05, 3.63) is 45.4 Å². The maximum atomic E-state index is 5.65. The van der Waals surface area contributed by atoms with Crippen LogP contribution in [0.4, 0.5) is 0 Å². The summed E-state index contributed by atoms with van der Waals surface area (Å²) >= 11 is 7.90. The van der Waals surface area contributed by atoms with Gasteiger partial charge < -0.3 is 0 Å². The molecule has 4 heterocycles. The van der Waals surface area contributed by atoms with E-state index in [1.807, 2.05) is 45.3 Å². The molecule has 6 heteroatoms. The molecule has 386 valence electrons. The number of thiazole rings is 2. The van der Waals surface area contributed by atoms with Crippen LogP contribution in [0.5, 0.6) is 0 Å². The molecule has 0 amide bonds. The van der Waals surface area contributed by atoms with E-state index in [9.17, 15) is 0 Å². The fourth-order valence-electron chi connectivity index (χ4n) is 10.2. The minimum absolute atomic E-state index is 1.09. The number of unbranched alkanes of at least 4 members (excludes halogenated alkanes) is 36. The summed E-state index contributed by atoms with van der Waals surface area (Å²) in [5.74, 6) is 0. The van der Waals surface area contributed by atoms with Crippen molar-refractivity contribution in [2.75, 3.05) is 0 Å². The van der Waals surface area contributed by atoms with E-state index in [0.29, 0.717) is 0 Å². The fourth-order valence-corrected chi connectivity index (χ4v) is 14.8. The van der Waals surface area contributed by atoms with Crippen LogP contribution in [0.15, 0.2) is 22.9 Å². The van der Waals surface area contributed by atoms with Gasteiger partial charge in [0.05, 0.1) is 30.9 Å². The first-order valence-electron chi connectivity index (χ1n) is 29.8. The van der Waals surface area contributed by atoms with Crippen molar-refractivity contribution in [2.45, 2.75) is 310 Å². The van der Waals surface area contributed by atoms with Gasteiger partial charge in [0.2, 0.25) is 0 Å². The lowest BCUT2D eigenvalue weighted by atomic mass is 10.0. The van der Waals surface area contributed by atoms with Crippen molar-refractivity contribution in [1.29, 1.82) is 0 Å². The maximum absolute atomic E-state index is 5.65. The number of hydrogen-bond acceptors (Lipinski definition) is 6. The molecule has 0 atom stereocenters. The van der Waals surface area contributed by atoms with E-state index in [2.05, 4.69) is 50.6 Å². The largest absolute Gasteiger partial charge is 0.240 e. The van der Waals surface area contributed by atoms with Gasteiger partial charge in [-0.3, -0.25) is 0 Å². The Balaban J connectivity index is 1.49. The lowest BCUT2D eigenvalue weighted by molar-refractivity contribution is 0.555. The number of thiophene rings is 2. The van der Waals surface area contributed by atoms with E-state index in [0.717, 1.165) is 12.8 Å². The Labute approximate surface area is 437 Å². The quantitative estimate of drug-likeness (QED) is 0.0412. The molecule has 2 nitrogen and oxygen atoms in total. The number of rotatable bonds is 47. The van der Waals surface area contributed by atoms with Crippen molar-refractivity contribution < 1.29 is 0 Å². The molecule has 4 rings (SSSR count). The summed E-state index contributed by atoms with van der Waals surface area (Å²) in [7, 11) is 0. The van der Waals surface area contributed by atoms with Crippen LogP contribution in [0.1, 0.15) is 307 Å². The predicted molar refractivity (Wildman–Crippen MR) is 312 cm³/mol. The van der Waals surface area contributed by atoms with Crippen LogP contribution in [-0.2, 0) is 25.7 Å². The van der Waals surface area contributed by atoms with Gasteiger partial charge in [-0.05, 0) is 85.4 Å². The van der Waals surface area contributed by atoms with Crippen molar-refractivity contribution >= 4 is 45.3 Å². The Morgan fingerprint density at radius 3 is 0.779 bits per heavy atom. The molecule has 4 aromatic heterocycles. The zero-order valence-electron chi connectivity index (χ0n) is 44.9. The van der Waals surface area contributed by atoms with Crippen molar-refractivity contribution in [3.63, 3.8) is 0 Å². The van der Waals surface area contributed by atoms with E-state index in [1.165, 1.54) is 322 Å². The maximum Gasteiger partial charge on any atom is 0.134 e. The second-order valence-corrected chi connectivity index (χ2v) is 24.7. The van der Waals surface area contributed by atoms with E-state index < -0.39 is 0 Å². The first kappa shape index (κ1) is 59.2. The van der Waals surface area contributed by atoms with Crippen LogP contribution in [0, 0.1) is 0 Å². The first-order chi connectivity index (χ1) is 33.7. The van der Waals surface area contributed by atoms with E-state index >= 15 is 0 Å². The monoisotopic (exact) mass is 1000 g/mol. The standard InChI is InChI=1S/C62H104N2S4/c1-5-9-13-17-21-25-29-33-37-41-45-53-49-51-65-57(53)61-63-55(47-43-39-35-31-27-23-19-15-11-7-3)59(67-61)60-56(48-44-40-36-32-28-24-20-16-12-8-4)64-62(68-60)58-54(50-52-66-58)46-42-38-34-30-26-22-18-14-10-6-2/h49-52H,5-48H2,1-4H3. The minimum atomic E-state index is 1.09. The van der Waals surface area contributed by atoms with Crippen LogP contribution < -0.4 is 0 Å².